The van der Waals surface area contributed by atoms with Gasteiger partial charge in [-0.15, -0.1) is 0 Å². The number of nitrogens with zero attached hydrogens (tertiary/aromatic N) is 1. The predicted octanol–water partition coefficient (Wildman–Crippen LogP) is 4.80. The van der Waals surface area contributed by atoms with Gasteiger partial charge in [-0.1, -0.05) is 15.9 Å². The summed E-state index contributed by atoms with van der Waals surface area (Å²) in [4.78, 5) is 4.20. The number of hydrogen-bond acceptors (Lipinski definition) is 2. The van der Waals surface area contributed by atoms with Gasteiger partial charge in [0, 0.05) is 15.1 Å². The van der Waals surface area contributed by atoms with Crippen molar-refractivity contribution >= 4 is 43.4 Å². The van der Waals surface area contributed by atoms with Crippen molar-refractivity contribution in [2.75, 3.05) is 5.32 Å². The van der Waals surface area contributed by atoms with E-state index < -0.39 is 0 Å². The minimum Gasteiger partial charge on any atom is -0.338 e. The van der Waals surface area contributed by atoms with Crippen LogP contribution >= 0.6 is 31.9 Å². The maximum absolute atomic E-state index is 13.6. The molecule has 0 unspecified atom stereocenters. The SMILES string of the molecule is Cc1cc(Br)cnc1Nc1ccc(Br)cc1F. The first-order valence-corrected chi connectivity index (χ1v) is 6.49. The first-order valence-electron chi connectivity index (χ1n) is 4.90. The van der Waals surface area contributed by atoms with Crippen molar-refractivity contribution in [2.45, 2.75) is 6.92 Å². The minimum atomic E-state index is -0.316. The first-order chi connectivity index (χ1) is 8.06. The number of benzene rings is 1. The van der Waals surface area contributed by atoms with Crippen molar-refractivity contribution in [3.63, 3.8) is 0 Å². The highest BCUT2D eigenvalue weighted by atomic mass is 79.9. The maximum Gasteiger partial charge on any atom is 0.147 e. The molecule has 88 valence electrons. The van der Waals surface area contributed by atoms with Crippen molar-refractivity contribution in [3.05, 3.63) is 50.8 Å². The molecule has 0 aliphatic carbocycles. The summed E-state index contributed by atoms with van der Waals surface area (Å²) in [5.74, 6) is 0.331. The van der Waals surface area contributed by atoms with Crippen LogP contribution in [0.1, 0.15) is 5.56 Å². The van der Waals surface area contributed by atoms with Crippen molar-refractivity contribution in [2.24, 2.45) is 0 Å². The average molecular weight is 360 g/mol. The molecule has 0 aliphatic heterocycles. The highest BCUT2D eigenvalue weighted by molar-refractivity contribution is 9.10. The Bertz CT molecular complexity index is 509. The molecule has 1 aromatic heterocycles. The summed E-state index contributed by atoms with van der Waals surface area (Å²) in [6.07, 6.45) is 1.67. The Kier molecular flexibility index (Phi) is 3.79. The number of hydrogen-bond donors (Lipinski definition) is 1. The fraction of sp³-hybridized carbons (Fsp3) is 0.0833. The summed E-state index contributed by atoms with van der Waals surface area (Å²) in [5, 5.41) is 2.97. The molecule has 2 nitrogen and oxygen atoms in total. The lowest BCUT2D eigenvalue weighted by molar-refractivity contribution is 0.631. The van der Waals surface area contributed by atoms with Crippen molar-refractivity contribution < 1.29 is 4.39 Å². The van der Waals surface area contributed by atoms with E-state index in [1.807, 2.05) is 13.0 Å². The van der Waals surface area contributed by atoms with Gasteiger partial charge in [-0.3, -0.25) is 0 Å². The molecular formula is C12H9Br2FN2. The zero-order valence-electron chi connectivity index (χ0n) is 8.97. The maximum atomic E-state index is 13.6. The molecule has 0 radical (unpaired) electrons. The van der Waals surface area contributed by atoms with Gasteiger partial charge in [-0.25, -0.2) is 9.37 Å². The van der Waals surface area contributed by atoms with Crippen molar-refractivity contribution in [1.29, 1.82) is 0 Å². The van der Waals surface area contributed by atoms with E-state index in [-0.39, 0.29) is 5.82 Å². The molecule has 1 N–H and O–H groups in total. The third kappa shape index (κ3) is 3.04. The van der Waals surface area contributed by atoms with Crippen LogP contribution in [0.3, 0.4) is 0 Å². The van der Waals surface area contributed by atoms with Crippen LogP contribution in [0, 0.1) is 12.7 Å². The van der Waals surface area contributed by atoms with Crippen LogP contribution in [0.2, 0.25) is 0 Å². The zero-order valence-corrected chi connectivity index (χ0v) is 12.1. The fourth-order valence-corrected chi connectivity index (χ4v) is 2.17. The molecule has 17 heavy (non-hydrogen) atoms. The molecule has 1 aromatic carbocycles. The first kappa shape index (κ1) is 12.5. The Balaban J connectivity index is 2.31. The second kappa shape index (κ2) is 5.14. The second-order valence-corrected chi connectivity index (χ2v) is 5.40. The standard InChI is InChI=1S/C12H9Br2FN2/c1-7-4-9(14)6-16-12(7)17-11-3-2-8(13)5-10(11)15/h2-6H,1H3,(H,16,17). The highest BCUT2D eigenvalue weighted by Crippen LogP contribution is 2.24. The van der Waals surface area contributed by atoms with Crippen LogP contribution in [0.4, 0.5) is 15.9 Å². The smallest absolute Gasteiger partial charge is 0.147 e. The van der Waals surface area contributed by atoms with Gasteiger partial charge in [-0.05, 0) is 52.7 Å². The van der Waals surface area contributed by atoms with Crippen LogP contribution in [-0.4, -0.2) is 4.98 Å². The molecule has 0 aliphatic rings. The highest BCUT2D eigenvalue weighted by Gasteiger charge is 2.06. The van der Waals surface area contributed by atoms with Gasteiger partial charge >= 0.3 is 0 Å². The van der Waals surface area contributed by atoms with E-state index in [4.69, 9.17) is 0 Å². The summed E-state index contributed by atoms with van der Waals surface area (Å²) in [6, 6.07) is 6.78. The van der Waals surface area contributed by atoms with Gasteiger partial charge < -0.3 is 5.32 Å². The van der Waals surface area contributed by atoms with E-state index in [1.165, 1.54) is 6.07 Å². The minimum absolute atomic E-state index is 0.316. The number of nitrogens with one attached hydrogen (secondary N) is 1. The quantitative estimate of drug-likeness (QED) is 0.833. The number of aromatic nitrogens is 1. The molecule has 2 aromatic rings. The van der Waals surface area contributed by atoms with Crippen LogP contribution in [-0.2, 0) is 0 Å². The van der Waals surface area contributed by atoms with Gasteiger partial charge in [0.15, 0.2) is 0 Å². The molecule has 1 heterocycles. The number of aryl methyl sites for hydroxylation is 1. The summed E-state index contributed by atoms with van der Waals surface area (Å²) in [6.45, 7) is 1.91. The summed E-state index contributed by atoms with van der Waals surface area (Å²) in [5.41, 5.74) is 1.35. The number of rotatable bonds is 2. The molecular weight excluding hydrogens is 351 g/mol. The Hall–Kier alpha value is -0.940. The van der Waals surface area contributed by atoms with Crippen LogP contribution in [0.5, 0.6) is 0 Å². The lowest BCUT2D eigenvalue weighted by atomic mass is 10.2. The van der Waals surface area contributed by atoms with E-state index >= 15 is 0 Å². The Morgan fingerprint density at radius 2 is 1.94 bits per heavy atom. The predicted molar refractivity (Wildman–Crippen MR) is 74.1 cm³/mol. The van der Waals surface area contributed by atoms with Gasteiger partial charge in [0.25, 0.3) is 0 Å². The van der Waals surface area contributed by atoms with Gasteiger partial charge in [0.1, 0.15) is 11.6 Å². The van der Waals surface area contributed by atoms with Gasteiger partial charge in [0.2, 0.25) is 0 Å². The molecule has 0 fully saturated rings. The van der Waals surface area contributed by atoms with E-state index in [0.29, 0.717) is 16.0 Å². The largest absolute Gasteiger partial charge is 0.338 e. The van der Waals surface area contributed by atoms with Crippen LogP contribution in [0.25, 0.3) is 0 Å². The molecule has 0 spiro atoms. The molecule has 0 bridgehead atoms. The Labute approximate surface area is 116 Å². The van der Waals surface area contributed by atoms with Gasteiger partial charge in [0.05, 0.1) is 5.69 Å². The lowest BCUT2D eigenvalue weighted by Crippen LogP contribution is -1.98. The lowest BCUT2D eigenvalue weighted by Gasteiger charge is -2.09. The molecule has 0 saturated heterocycles. The zero-order chi connectivity index (χ0) is 12.4. The summed E-state index contributed by atoms with van der Waals surface area (Å²) < 4.78 is 15.2. The van der Waals surface area contributed by atoms with E-state index in [2.05, 4.69) is 42.2 Å². The van der Waals surface area contributed by atoms with Crippen molar-refractivity contribution in [3.8, 4) is 0 Å². The third-order valence-corrected chi connectivity index (χ3v) is 3.16. The normalized spacial score (nSPS) is 10.4. The van der Waals surface area contributed by atoms with E-state index in [9.17, 15) is 4.39 Å². The summed E-state index contributed by atoms with van der Waals surface area (Å²) >= 11 is 6.55. The van der Waals surface area contributed by atoms with Crippen LogP contribution < -0.4 is 5.32 Å². The van der Waals surface area contributed by atoms with E-state index in [1.54, 1.807) is 18.3 Å². The monoisotopic (exact) mass is 358 g/mol. The molecule has 0 atom stereocenters. The molecule has 5 heteroatoms. The Morgan fingerprint density at radius 3 is 2.59 bits per heavy atom. The molecule has 0 amide bonds. The van der Waals surface area contributed by atoms with Gasteiger partial charge in [-0.2, -0.15) is 0 Å². The van der Waals surface area contributed by atoms with Crippen molar-refractivity contribution in [1.82, 2.24) is 4.98 Å². The second-order valence-electron chi connectivity index (χ2n) is 3.57. The number of halogens is 3. The Morgan fingerprint density at radius 1 is 1.18 bits per heavy atom. The fourth-order valence-electron chi connectivity index (χ4n) is 1.39. The average Bonchev–Trinajstić information content (AvgIpc) is 2.25. The molecule has 0 saturated carbocycles. The van der Waals surface area contributed by atoms with E-state index in [0.717, 1.165) is 10.0 Å². The summed E-state index contributed by atoms with van der Waals surface area (Å²) in [7, 11) is 0. The topological polar surface area (TPSA) is 24.9 Å². The number of anilines is 2. The third-order valence-electron chi connectivity index (χ3n) is 2.23. The van der Waals surface area contributed by atoms with Crippen LogP contribution in [0.15, 0.2) is 39.4 Å². The number of pyridine rings is 1. The molecule has 2 rings (SSSR count).